The first-order valence-electron chi connectivity index (χ1n) is 8.57. The van der Waals surface area contributed by atoms with Crippen molar-refractivity contribution in [3.8, 4) is 5.75 Å². The third-order valence-corrected chi connectivity index (χ3v) is 5.49. The van der Waals surface area contributed by atoms with Crippen molar-refractivity contribution in [2.24, 2.45) is 0 Å². The molecule has 1 N–H and O–H groups in total. The van der Waals surface area contributed by atoms with E-state index in [1.165, 1.54) is 19.1 Å². The van der Waals surface area contributed by atoms with Crippen LogP contribution in [0, 0.1) is 0 Å². The Kier molecular flexibility index (Phi) is 5.18. The molecule has 7 heteroatoms. The minimum Gasteiger partial charge on any atom is -0.494 e. The van der Waals surface area contributed by atoms with Crippen LogP contribution in [0.2, 0.25) is 0 Å². The Balaban J connectivity index is 1.89. The van der Waals surface area contributed by atoms with E-state index in [-0.39, 0.29) is 16.8 Å². The van der Waals surface area contributed by atoms with E-state index in [0.717, 1.165) is 12.8 Å². The smallest absolute Gasteiger partial charge is 0.261 e. The van der Waals surface area contributed by atoms with Crippen LogP contribution in [0.15, 0.2) is 53.4 Å². The molecule has 1 saturated carbocycles. The van der Waals surface area contributed by atoms with Gasteiger partial charge in [-0.1, -0.05) is 12.1 Å². The number of hydrogen-bond acceptors (Lipinski definition) is 4. The van der Waals surface area contributed by atoms with Crippen LogP contribution < -0.4 is 14.4 Å². The first-order chi connectivity index (χ1) is 12.4. The number of nitrogens with one attached hydrogen (secondary N) is 1. The molecular weight excluding hydrogens is 352 g/mol. The quantitative estimate of drug-likeness (QED) is 0.806. The van der Waals surface area contributed by atoms with Crippen LogP contribution in [0.5, 0.6) is 5.75 Å². The molecule has 0 heterocycles. The largest absolute Gasteiger partial charge is 0.494 e. The normalized spacial score (nSPS) is 13.9. The number of sulfonamides is 1. The van der Waals surface area contributed by atoms with Gasteiger partial charge in [-0.25, -0.2) is 8.42 Å². The Bertz CT molecular complexity index is 890. The average molecular weight is 374 g/mol. The summed E-state index contributed by atoms with van der Waals surface area (Å²) >= 11 is 0. The molecule has 1 aliphatic rings. The average Bonchev–Trinajstić information content (AvgIpc) is 3.42. The van der Waals surface area contributed by atoms with Crippen LogP contribution in [-0.2, 0) is 14.8 Å². The van der Waals surface area contributed by atoms with Gasteiger partial charge in [-0.2, -0.15) is 0 Å². The number of anilines is 2. The van der Waals surface area contributed by atoms with Crippen molar-refractivity contribution in [2.75, 3.05) is 16.2 Å². The molecule has 0 aliphatic heterocycles. The molecule has 0 spiro atoms. The zero-order valence-electron chi connectivity index (χ0n) is 14.8. The van der Waals surface area contributed by atoms with Gasteiger partial charge in [0.05, 0.1) is 22.9 Å². The van der Waals surface area contributed by atoms with Gasteiger partial charge in [0.25, 0.3) is 10.0 Å². The number of carbonyl (C=O) groups excluding carboxylic acids is 1. The van der Waals surface area contributed by atoms with Crippen LogP contribution in [0.4, 0.5) is 11.4 Å². The van der Waals surface area contributed by atoms with Crippen LogP contribution in [0.3, 0.4) is 0 Å². The maximum absolute atomic E-state index is 12.7. The van der Waals surface area contributed by atoms with Gasteiger partial charge < -0.3 is 9.64 Å². The molecule has 0 unspecified atom stereocenters. The van der Waals surface area contributed by atoms with Crippen LogP contribution in [-0.4, -0.2) is 27.0 Å². The predicted octanol–water partition coefficient (Wildman–Crippen LogP) is 3.40. The molecule has 138 valence electrons. The van der Waals surface area contributed by atoms with E-state index in [2.05, 4.69) is 4.72 Å². The van der Waals surface area contributed by atoms with E-state index in [9.17, 15) is 13.2 Å². The van der Waals surface area contributed by atoms with E-state index in [1.807, 2.05) is 6.92 Å². The minimum absolute atomic E-state index is 0.0970. The fraction of sp³-hybridized carbons (Fsp3) is 0.316. The van der Waals surface area contributed by atoms with Crippen molar-refractivity contribution in [2.45, 2.75) is 37.6 Å². The summed E-state index contributed by atoms with van der Waals surface area (Å²) in [6.45, 7) is 3.87. The Hall–Kier alpha value is -2.54. The molecule has 1 aliphatic carbocycles. The second kappa shape index (κ2) is 7.37. The monoisotopic (exact) mass is 374 g/mol. The highest BCUT2D eigenvalue weighted by atomic mass is 32.2. The van der Waals surface area contributed by atoms with Gasteiger partial charge in [-0.05, 0) is 56.2 Å². The highest BCUT2D eigenvalue weighted by molar-refractivity contribution is 7.92. The summed E-state index contributed by atoms with van der Waals surface area (Å²) in [5.74, 6) is 0.517. The number of para-hydroxylation sites is 2. The highest BCUT2D eigenvalue weighted by Gasteiger charge is 2.33. The van der Waals surface area contributed by atoms with Crippen molar-refractivity contribution >= 4 is 27.3 Å². The highest BCUT2D eigenvalue weighted by Crippen LogP contribution is 2.36. The molecule has 0 aromatic heterocycles. The number of carbonyl (C=O) groups is 1. The van der Waals surface area contributed by atoms with Gasteiger partial charge in [0.15, 0.2) is 0 Å². The van der Waals surface area contributed by atoms with Gasteiger partial charge in [0.2, 0.25) is 5.91 Å². The molecule has 1 amide bonds. The lowest BCUT2D eigenvalue weighted by atomic mass is 10.2. The number of rotatable bonds is 7. The first kappa shape index (κ1) is 18.3. The lowest BCUT2D eigenvalue weighted by Gasteiger charge is -2.24. The number of amides is 1. The van der Waals surface area contributed by atoms with Crippen molar-refractivity contribution in [1.29, 1.82) is 0 Å². The summed E-state index contributed by atoms with van der Waals surface area (Å²) in [5, 5.41) is 0. The molecule has 2 aromatic rings. The van der Waals surface area contributed by atoms with Crippen molar-refractivity contribution < 1.29 is 17.9 Å². The van der Waals surface area contributed by atoms with E-state index < -0.39 is 10.0 Å². The molecule has 0 radical (unpaired) electrons. The summed E-state index contributed by atoms with van der Waals surface area (Å²) in [4.78, 5) is 13.8. The minimum atomic E-state index is -3.78. The second-order valence-electron chi connectivity index (χ2n) is 6.15. The summed E-state index contributed by atoms with van der Waals surface area (Å²) in [6, 6.07) is 13.3. The van der Waals surface area contributed by atoms with Crippen molar-refractivity contribution in [1.82, 2.24) is 0 Å². The predicted molar refractivity (Wildman–Crippen MR) is 101 cm³/mol. The standard InChI is InChI=1S/C19H22N2O4S/c1-3-25-16-10-12-17(13-11-16)26(23,24)20-18-6-4-5-7-19(18)21(14(2)22)15-8-9-15/h4-7,10-13,15,20H,3,8-9H2,1-2H3. The molecule has 6 nitrogen and oxygen atoms in total. The topological polar surface area (TPSA) is 75.7 Å². The Labute approximate surface area is 153 Å². The molecule has 0 saturated heterocycles. The number of nitrogens with zero attached hydrogens (tertiary/aromatic N) is 1. The van der Waals surface area contributed by atoms with E-state index in [4.69, 9.17) is 4.74 Å². The lowest BCUT2D eigenvalue weighted by molar-refractivity contribution is -0.116. The molecule has 3 rings (SSSR count). The molecular formula is C19H22N2O4S. The zero-order chi connectivity index (χ0) is 18.7. The van der Waals surface area contributed by atoms with E-state index in [1.54, 1.807) is 41.3 Å². The summed E-state index contributed by atoms with van der Waals surface area (Å²) in [6.07, 6.45) is 1.86. The van der Waals surface area contributed by atoms with Gasteiger partial charge in [0, 0.05) is 13.0 Å². The van der Waals surface area contributed by atoms with Crippen LogP contribution in [0.25, 0.3) is 0 Å². The summed E-state index contributed by atoms with van der Waals surface area (Å²) in [7, 11) is -3.78. The van der Waals surface area contributed by atoms with E-state index >= 15 is 0 Å². The molecule has 0 bridgehead atoms. The van der Waals surface area contributed by atoms with Crippen LogP contribution >= 0.6 is 0 Å². The molecule has 0 atom stereocenters. The molecule has 2 aromatic carbocycles. The second-order valence-corrected chi connectivity index (χ2v) is 7.83. The van der Waals surface area contributed by atoms with Crippen molar-refractivity contribution in [3.63, 3.8) is 0 Å². The molecule has 26 heavy (non-hydrogen) atoms. The first-order valence-corrected chi connectivity index (χ1v) is 10.0. The van der Waals surface area contributed by atoms with Crippen LogP contribution in [0.1, 0.15) is 26.7 Å². The Morgan fingerprint density at radius 2 is 1.81 bits per heavy atom. The Morgan fingerprint density at radius 1 is 1.15 bits per heavy atom. The third kappa shape index (κ3) is 3.99. The fourth-order valence-electron chi connectivity index (χ4n) is 2.81. The number of benzene rings is 2. The van der Waals surface area contributed by atoms with Gasteiger partial charge >= 0.3 is 0 Å². The number of ether oxygens (including phenoxy) is 1. The molecule has 1 fully saturated rings. The number of hydrogen-bond donors (Lipinski definition) is 1. The van der Waals surface area contributed by atoms with Crippen molar-refractivity contribution in [3.05, 3.63) is 48.5 Å². The summed E-state index contributed by atoms with van der Waals surface area (Å²) in [5.41, 5.74) is 0.973. The maximum Gasteiger partial charge on any atom is 0.261 e. The van der Waals surface area contributed by atoms with Gasteiger partial charge in [0.1, 0.15) is 5.75 Å². The fourth-order valence-corrected chi connectivity index (χ4v) is 3.89. The van der Waals surface area contributed by atoms with E-state index in [0.29, 0.717) is 23.7 Å². The summed E-state index contributed by atoms with van der Waals surface area (Å²) < 4.78 is 33.4. The lowest BCUT2D eigenvalue weighted by Crippen LogP contribution is -2.31. The SMILES string of the molecule is CCOc1ccc(S(=O)(=O)Nc2ccccc2N(C(C)=O)C2CC2)cc1. The van der Waals surface area contributed by atoms with Gasteiger partial charge in [-0.3, -0.25) is 9.52 Å². The third-order valence-electron chi connectivity index (χ3n) is 4.10. The maximum atomic E-state index is 12.7. The zero-order valence-corrected chi connectivity index (χ0v) is 15.6. The Morgan fingerprint density at radius 3 is 2.38 bits per heavy atom. The van der Waals surface area contributed by atoms with Gasteiger partial charge in [-0.15, -0.1) is 0 Å².